The number of hydrogen-bond acceptors (Lipinski definition) is 5. The smallest absolute Gasteiger partial charge is 0.226 e. The molecule has 0 amide bonds. The normalized spacial score (nSPS) is 10.8. The number of nitrogens with zero attached hydrogens (tertiary/aromatic N) is 2. The highest BCUT2D eigenvalue weighted by atomic mass is 16.5. The Hall–Kier alpha value is -1.88. The predicted octanol–water partition coefficient (Wildman–Crippen LogP) is 2.43. The van der Waals surface area contributed by atoms with Crippen LogP contribution in [0.15, 0.2) is 28.8 Å². The Balaban J connectivity index is 1.78. The Kier molecular flexibility index (Phi) is 5.55. The largest absolute Gasteiger partial charge is 0.508 e. The Morgan fingerprint density at radius 1 is 1.05 bits per heavy atom. The minimum atomic E-state index is 0.264. The second-order valence-electron chi connectivity index (χ2n) is 4.90. The number of phenolic OH excluding ortho intramolecular Hbond substituents is 1. The van der Waals surface area contributed by atoms with E-state index in [1.54, 1.807) is 12.1 Å². The van der Waals surface area contributed by atoms with Crippen LogP contribution >= 0.6 is 0 Å². The van der Waals surface area contributed by atoms with Gasteiger partial charge in [0.2, 0.25) is 5.89 Å². The first-order valence-corrected chi connectivity index (χ1v) is 7.07. The lowest BCUT2D eigenvalue weighted by Crippen LogP contribution is -1.98. The molecular formula is C15H21N3O2. The van der Waals surface area contributed by atoms with E-state index in [-0.39, 0.29) is 5.75 Å². The van der Waals surface area contributed by atoms with Gasteiger partial charge in [-0.1, -0.05) is 30.1 Å². The molecule has 108 valence electrons. The maximum atomic E-state index is 9.23. The Bertz CT molecular complexity index is 508. The van der Waals surface area contributed by atoms with Gasteiger partial charge < -0.3 is 15.4 Å². The van der Waals surface area contributed by atoms with Crippen LogP contribution in [0.1, 0.15) is 43.0 Å². The zero-order valence-corrected chi connectivity index (χ0v) is 11.6. The fraction of sp³-hybridized carbons (Fsp3) is 0.467. The molecule has 0 fully saturated rings. The number of phenols is 1. The second-order valence-corrected chi connectivity index (χ2v) is 4.90. The number of aryl methyl sites for hydroxylation is 1. The van der Waals surface area contributed by atoms with Crippen molar-refractivity contribution < 1.29 is 9.63 Å². The lowest BCUT2D eigenvalue weighted by Gasteiger charge is -1.97. The van der Waals surface area contributed by atoms with E-state index in [4.69, 9.17) is 10.3 Å². The Labute approximate surface area is 118 Å². The van der Waals surface area contributed by atoms with Crippen LogP contribution in [0.3, 0.4) is 0 Å². The van der Waals surface area contributed by atoms with Crippen molar-refractivity contribution in [1.82, 2.24) is 10.1 Å². The van der Waals surface area contributed by atoms with Crippen LogP contribution in [-0.2, 0) is 12.8 Å². The molecule has 0 unspecified atom stereocenters. The molecule has 0 aliphatic carbocycles. The zero-order valence-electron chi connectivity index (χ0n) is 11.6. The van der Waals surface area contributed by atoms with Crippen LogP contribution in [0.2, 0.25) is 0 Å². The molecule has 0 spiro atoms. The summed E-state index contributed by atoms with van der Waals surface area (Å²) in [4.78, 5) is 4.38. The Morgan fingerprint density at radius 3 is 2.55 bits per heavy atom. The molecule has 3 N–H and O–H groups in total. The molecule has 1 heterocycles. The quantitative estimate of drug-likeness (QED) is 0.723. The topological polar surface area (TPSA) is 85.2 Å². The van der Waals surface area contributed by atoms with Crippen molar-refractivity contribution in [1.29, 1.82) is 0 Å². The summed E-state index contributed by atoms with van der Waals surface area (Å²) in [6.07, 6.45) is 5.89. The van der Waals surface area contributed by atoms with Crippen LogP contribution in [0.4, 0.5) is 0 Å². The Morgan fingerprint density at radius 2 is 1.80 bits per heavy atom. The molecule has 2 rings (SSSR count). The van der Waals surface area contributed by atoms with Crippen LogP contribution < -0.4 is 5.73 Å². The van der Waals surface area contributed by atoms with Gasteiger partial charge in [-0.2, -0.15) is 4.98 Å². The molecule has 0 saturated carbocycles. The molecule has 0 saturated heterocycles. The summed E-state index contributed by atoms with van der Waals surface area (Å²) in [5.74, 6) is 1.65. The third-order valence-electron chi connectivity index (χ3n) is 3.15. The van der Waals surface area contributed by atoms with Gasteiger partial charge in [-0.15, -0.1) is 0 Å². The minimum Gasteiger partial charge on any atom is -0.508 e. The van der Waals surface area contributed by atoms with E-state index < -0.39 is 0 Å². The standard InChI is InChI=1S/C15H21N3O2/c16-10-4-2-1-3-5-15-17-14(18-20-15)11-12-6-8-13(19)9-7-12/h6-9,19H,1-5,10-11,16H2. The van der Waals surface area contributed by atoms with Crippen molar-refractivity contribution in [3.05, 3.63) is 41.5 Å². The molecule has 0 radical (unpaired) electrons. The monoisotopic (exact) mass is 275 g/mol. The highest BCUT2D eigenvalue weighted by molar-refractivity contribution is 5.27. The molecular weight excluding hydrogens is 254 g/mol. The van der Waals surface area contributed by atoms with E-state index in [9.17, 15) is 5.11 Å². The lowest BCUT2D eigenvalue weighted by molar-refractivity contribution is 0.369. The number of unbranched alkanes of at least 4 members (excludes halogenated alkanes) is 3. The summed E-state index contributed by atoms with van der Waals surface area (Å²) >= 11 is 0. The first-order valence-electron chi connectivity index (χ1n) is 7.07. The van der Waals surface area contributed by atoms with Crippen LogP contribution in [0.25, 0.3) is 0 Å². The molecule has 1 aromatic carbocycles. The molecule has 1 aromatic heterocycles. The maximum absolute atomic E-state index is 9.23. The van der Waals surface area contributed by atoms with Gasteiger partial charge in [-0.3, -0.25) is 0 Å². The van der Waals surface area contributed by atoms with E-state index in [1.807, 2.05) is 12.1 Å². The third kappa shape index (κ3) is 4.66. The minimum absolute atomic E-state index is 0.264. The number of rotatable bonds is 8. The van der Waals surface area contributed by atoms with Gasteiger partial charge in [0, 0.05) is 12.8 Å². The van der Waals surface area contributed by atoms with Crippen LogP contribution in [0, 0.1) is 0 Å². The van der Waals surface area contributed by atoms with Gasteiger partial charge in [-0.25, -0.2) is 0 Å². The van der Waals surface area contributed by atoms with E-state index in [2.05, 4.69) is 10.1 Å². The van der Waals surface area contributed by atoms with Crippen molar-refractivity contribution in [3.8, 4) is 5.75 Å². The summed E-state index contributed by atoms with van der Waals surface area (Å²) in [6.45, 7) is 0.761. The van der Waals surface area contributed by atoms with Gasteiger partial charge in [-0.05, 0) is 37.1 Å². The van der Waals surface area contributed by atoms with E-state index in [1.165, 1.54) is 0 Å². The third-order valence-corrected chi connectivity index (χ3v) is 3.15. The lowest BCUT2D eigenvalue weighted by atomic mass is 10.1. The molecule has 5 heteroatoms. The van der Waals surface area contributed by atoms with Crippen LogP contribution in [-0.4, -0.2) is 21.8 Å². The van der Waals surface area contributed by atoms with Crippen LogP contribution in [0.5, 0.6) is 5.75 Å². The molecule has 20 heavy (non-hydrogen) atoms. The number of aromatic hydroxyl groups is 1. The number of aromatic nitrogens is 2. The van der Waals surface area contributed by atoms with Gasteiger partial charge in [0.25, 0.3) is 0 Å². The maximum Gasteiger partial charge on any atom is 0.226 e. The van der Waals surface area contributed by atoms with Crippen molar-refractivity contribution in [3.63, 3.8) is 0 Å². The van der Waals surface area contributed by atoms with Crippen molar-refractivity contribution in [2.24, 2.45) is 5.73 Å². The van der Waals surface area contributed by atoms with E-state index in [0.29, 0.717) is 18.1 Å². The zero-order chi connectivity index (χ0) is 14.2. The molecule has 0 bridgehead atoms. The van der Waals surface area contributed by atoms with E-state index in [0.717, 1.165) is 44.2 Å². The predicted molar refractivity (Wildman–Crippen MR) is 76.4 cm³/mol. The molecule has 2 aromatic rings. The summed E-state index contributed by atoms with van der Waals surface area (Å²) in [7, 11) is 0. The van der Waals surface area contributed by atoms with Gasteiger partial charge in [0.1, 0.15) is 5.75 Å². The highest BCUT2D eigenvalue weighted by Crippen LogP contribution is 2.13. The number of nitrogens with two attached hydrogens (primary N) is 1. The molecule has 0 aliphatic heterocycles. The summed E-state index contributed by atoms with van der Waals surface area (Å²) < 4.78 is 5.23. The first-order chi connectivity index (χ1) is 9.78. The molecule has 0 atom stereocenters. The highest BCUT2D eigenvalue weighted by Gasteiger charge is 2.07. The fourth-order valence-corrected chi connectivity index (χ4v) is 2.03. The van der Waals surface area contributed by atoms with Gasteiger partial charge in [0.05, 0.1) is 0 Å². The van der Waals surface area contributed by atoms with Gasteiger partial charge in [0.15, 0.2) is 5.82 Å². The fourth-order valence-electron chi connectivity index (χ4n) is 2.03. The SMILES string of the molecule is NCCCCCCc1nc(Cc2ccc(O)cc2)no1. The average molecular weight is 275 g/mol. The second kappa shape index (κ2) is 7.65. The molecule has 5 nitrogen and oxygen atoms in total. The van der Waals surface area contributed by atoms with Crippen molar-refractivity contribution in [2.75, 3.05) is 6.54 Å². The molecule has 0 aliphatic rings. The summed E-state index contributed by atoms with van der Waals surface area (Å²) in [6, 6.07) is 7.04. The summed E-state index contributed by atoms with van der Waals surface area (Å²) in [5.41, 5.74) is 6.51. The summed E-state index contributed by atoms with van der Waals surface area (Å²) in [5, 5.41) is 13.2. The first kappa shape index (κ1) is 14.5. The van der Waals surface area contributed by atoms with E-state index >= 15 is 0 Å². The van der Waals surface area contributed by atoms with Gasteiger partial charge >= 0.3 is 0 Å². The number of hydrogen-bond donors (Lipinski definition) is 2. The van der Waals surface area contributed by atoms with Crippen molar-refractivity contribution in [2.45, 2.75) is 38.5 Å². The average Bonchev–Trinajstić information content (AvgIpc) is 2.89. The number of benzene rings is 1. The van der Waals surface area contributed by atoms with Crippen molar-refractivity contribution >= 4 is 0 Å².